The zero-order chi connectivity index (χ0) is 18.2. The Balaban J connectivity index is 2.04. The molecule has 25 heavy (non-hydrogen) atoms. The Morgan fingerprint density at radius 3 is 2.56 bits per heavy atom. The molecule has 1 fully saturated rings. The summed E-state index contributed by atoms with van der Waals surface area (Å²) in [5.41, 5.74) is 1.69. The maximum absolute atomic E-state index is 11.8. The van der Waals surface area contributed by atoms with Crippen molar-refractivity contribution in [3.05, 3.63) is 35.9 Å². The molecule has 1 N–H and O–H groups in total. The van der Waals surface area contributed by atoms with Crippen molar-refractivity contribution in [3.8, 4) is 11.5 Å². The number of phenols is 1. The predicted molar refractivity (Wildman–Crippen MR) is 97.8 cm³/mol. The minimum absolute atomic E-state index is 0.00381. The highest BCUT2D eigenvalue weighted by molar-refractivity contribution is 5.72. The molecule has 0 aliphatic carbocycles. The number of piperidine rings is 1. The van der Waals surface area contributed by atoms with E-state index in [2.05, 4.69) is 11.5 Å². The van der Waals surface area contributed by atoms with Gasteiger partial charge in [-0.1, -0.05) is 6.08 Å². The highest BCUT2D eigenvalue weighted by Gasteiger charge is 2.26. The summed E-state index contributed by atoms with van der Waals surface area (Å²) in [7, 11) is 0. The molecule has 0 saturated carbocycles. The van der Waals surface area contributed by atoms with E-state index >= 15 is 0 Å². The van der Waals surface area contributed by atoms with Crippen LogP contribution in [0.4, 0.5) is 0 Å². The third-order valence-electron chi connectivity index (χ3n) is 4.52. The molecule has 5 heteroatoms. The van der Waals surface area contributed by atoms with E-state index in [9.17, 15) is 9.90 Å². The summed E-state index contributed by atoms with van der Waals surface area (Å²) < 4.78 is 10.7. The first-order valence-corrected chi connectivity index (χ1v) is 9.06. The molecule has 5 nitrogen and oxygen atoms in total. The minimum Gasteiger partial charge on any atom is -0.507 e. The first-order chi connectivity index (χ1) is 12.1. The van der Waals surface area contributed by atoms with Gasteiger partial charge in [-0.15, -0.1) is 6.58 Å². The molecule has 1 aromatic carbocycles. The van der Waals surface area contributed by atoms with Gasteiger partial charge in [-0.3, -0.25) is 9.69 Å². The monoisotopic (exact) mass is 347 g/mol. The second-order valence-corrected chi connectivity index (χ2v) is 6.32. The average molecular weight is 347 g/mol. The number of likely N-dealkylation sites (tertiary alicyclic amines) is 1. The van der Waals surface area contributed by atoms with Gasteiger partial charge in [-0.05, 0) is 58.3 Å². The Morgan fingerprint density at radius 2 is 1.96 bits per heavy atom. The van der Waals surface area contributed by atoms with Gasteiger partial charge >= 0.3 is 5.97 Å². The van der Waals surface area contributed by atoms with Crippen LogP contribution in [-0.2, 0) is 22.5 Å². The van der Waals surface area contributed by atoms with Crippen molar-refractivity contribution in [1.29, 1.82) is 0 Å². The quantitative estimate of drug-likeness (QED) is 0.578. The second kappa shape index (κ2) is 9.47. The summed E-state index contributed by atoms with van der Waals surface area (Å²) in [6.45, 7) is 10.8. The number of carbonyl (C=O) groups is 1. The molecular weight excluding hydrogens is 318 g/mol. The van der Waals surface area contributed by atoms with Crippen LogP contribution >= 0.6 is 0 Å². The van der Waals surface area contributed by atoms with E-state index in [0.717, 1.165) is 42.8 Å². The number of esters is 1. The SMILES string of the molecule is C=CCc1cc(OCC)cc(CN2CCC(C(=O)OCC)CC2)c1O. The molecule has 138 valence electrons. The molecule has 0 atom stereocenters. The van der Waals surface area contributed by atoms with Gasteiger partial charge in [0.1, 0.15) is 11.5 Å². The van der Waals surface area contributed by atoms with Crippen molar-refractivity contribution >= 4 is 5.97 Å². The van der Waals surface area contributed by atoms with Gasteiger partial charge < -0.3 is 14.6 Å². The smallest absolute Gasteiger partial charge is 0.309 e. The van der Waals surface area contributed by atoms with E-state index in [0.29, 0.717) is 31.9 Å². The molecule has 0 amide bonds. The van der Waals surface area contributed by atoms with Crippen LogP contribution in [0.5, 0.6) is 11.5 Å². The predicted octanol–water partition coefficient (Wildman–Crippen LogP) is 3.29. The highest BCUT2D eigenvalue weighted by Crippen LogP contribution is 2.31. The largest absolute Gasteiger partial charge is 0.507 e. The Morgan fingerprint density at radius 1 is 1.28 bits per heavy atom. The molecular formula is C20H29NO4. The van der Waals surface area contributed by atoms with E-state index in [1.54, 1.807) is 6.08 Å². The lowest BCUT2D eigenvalue weighted by Gasteiger charge is -2.31. The Bertz CT molecular complexity index is 592. The number of phenolic OH excluding ortho intramolecular Hbond substituents is 1. The standard InChI is InChI=1S/C20H29NO4/c1-4-7-16-12-18(24-5-2)13-17(19(16)22)14-21-10-8-15(9-11-21)20(23)25-6-3/h4,12-13,15,22H,1,5-11,14H2,2-3H3. The molecule has 1 heterocycles. The zero-order valence-corrected chi connectivity index (χ0v) is 15.3. The third-order valence-corrected chi connectivity index (χ3v) is 4.52. The molecule has 1 saturated heterocycles. The Labute approximate surface area is 150 Å². The van der Waals surface area contributed by atoms with E-state index in [4.69, 9.17) is 9.47 Å². The van der Waals surface area contributed by atoms with Crippen molar-refractivity contribution in [2.24, 2.45) is 5.92 Å². The van der Waals surface area contributed by atoms with Crippen molar-refractivity contribution < 1.29 is 19.4 Å². The summed E-state index contributed by atoms with van der Waals surface area (Å²) in [5, 5.41) is 10.5. The number of nitrogens with zero attached hydrogens (tertiary/aromatic N) is 1. The molecule has 1 aliphatic rings. The summed E-state index contributed by atoms with van der Waals surface area (Å²) in [5.74, 6) is 0.997. The maximum Gasteiger partial charge on any atom is 0.309 e. The fourth-order valence-electron chi connectivity index (χ4n) is 3.24. The Hall–Kier alpha value is -2.01. The van der Waals surface area contributed by atoms with Crippen LogP contribution in [0.1, 0.15) is 37.8 Å². The van der Waals surface area contributed by atoms with Gasteiger partial charge in [0.05, 0.1) is 19.1 Å². The van der Waals surface area contributed by atoms with Crippen LogP contribution in [0.2, 0.25) is 0 Å². The van der Waals surface area contributed by atoms with Gasteiger partial charge in [0.2, 0.25) is 0 Å². The number of hydrogen-bond donors (Lipinski definition) is 1. The maximum atomic E-state index is 11.8. The summed E-state index contributed by atoms with van der Waals surface area (Å²) in [6.07, 6.45) is 3.97. The van der Waals surface area contributed by atoms with Gasteiger partial charge in [0.25, 0.3) is 0 Å². The number of benzene rings is 1. The lowest BCUT2D eigenvalue weighted by Crippen LogP contribution is -2.36. The normalized spacial score (nSPS) is 15.8. The number of aromatic hydroxyl groups is 1. The van der Waals surface area contributed by atoms with Crippen LogP contribution in [0.3, 0.4) is 0 Å². The topological polar surface area (TPSA) is 59.0 Å². The number of allylic oxidation sites excluding steroid dienone is 1. The molecule has 1 aliphatic heterocycles. The van der Waals surface area contributed by atoms with E-state index in [1.807, 2.05) is 26.0 Å². The molecule has 0 bridgehead atoms. The van der Waals surface area contributed by atoms with E-state index in [-0.39, 0.29) is 11.9 Å². The van der Waals surface area contributed by atoms with Crippen LogP contribution < -0.4 is 4.74 Å². The van der Waals surface area contributed by atoms with Crippen LogP contribution in [0.25, 0.3) is 0 Å². The summed E-state index contributed by atoms with van der Waals surface area (Å²) in [4.78, 5) is 14.1. The first-order valence-electron chi connectivity index (χ1n) is 9.06. The Kier molecular flexibility index (Phi) is 7.31. The van der Waals surface area contributed by atoms with Gasteiger partial charge in [0, 0.05) is 17.7 Å². The average Bonchev–Trinajstić information content (AvgIpc) is 2.60. The molecule has 0 aromatic heterocycles. The van der Waals surface area contributed by atoms with Crippen LogP contribution in [-0.4, -0.2) is 42.3 Å². The number of hydrogen-bond acceptors (Lipinski definition) is 5. The lowest BCUT2D eigenvalue weighted by atomic mass is 9.96. The molecule has 0 radical (unpaired) electrons. The molecule has 0 spiro atoms. The number of rotatable bonds is 8. The number of ether oxygens (including phenoxy) is 2. The van der Waals surface area contributed by atoms with E-state index < -0.39 is 0 Å². The third kappa shape index (κ3) is 5.23. The van der Waals surface area contributed by atoms with Crippen LogP contribution in [0, 0.1) is 5.92 Å². The fraction of sp³-hybridized carbons (Fsp3) is 0.550. The molecule has 0 unspecified atom stereocenters. The van der Waals surface area contributed by atoms with Crippen molar-refractivity contribution in [2.75, 3.05) is 26.3 Å². The molecule has 2 rings (SSSR count). The van der Waals surface area contributed by atoms with Gasteiger partial charge in [-0.25, -0.2) is 0 Å². The lowest BCUT2D eigenvalue weighted by molar-refractivity contribution is -0.149. The van der Waals surface area contributed by atoms with Crippen molar-refractivity contribution in [1.82, 2.24) is 4.90 Å². The van der Waals surface area contributed by atoms with Gasteiger partial charge in [0.15, 0.2) is 0 Å². The molecule has 1 aromatic rings. The first kappa shape index (κ1) is 19.3. The zero-order valence-electron chi connectivity index (χ0n) is 15.3. The van der Waals surface area contributed by atoms with Crippen molar-refractivity contribution in [2.45, 2.75) is 39.7 Å². The highest BCUT2D eigenvalue weighted by atomic mass is 16.5. The second-order valence-electron chi connectivity index (χ2n) is 6.32. The number of carbonyl (C=O) groups excluding carboxylic acids is 1. The van der Waals surface area contributed by atoms with Crippen molar-refractivity contribution in [3.63, 3.8) is 0 Å². The minimum atomic E-state index is -0.0865. The fourth-order valence-corrected chi connectivity index (χ4v) is 3.24. The van der Waals surface area contributed by atoms with E-state index in [1.165, 1.54) is 0 Å². The summed E-state index contributed by atoms with van der Waals surface area (Å²) in [6, 6.07) is 3.78. The van der Waals surface area contributed by atoms with Gasteiger partial charge in [-0.2, -0.15) is 0 Å². The van der Waals surface area contributed by atoms with Crippen LogP contribution in [0.15, 0.2) is 24.8 Å². The summed E-state index contributed by atoms with van der Waals surface area (Å²) >= 11 is 0.